The third-order valence-corrected chi connectivity index (χ3v) is 8.24. The van der Waals surface area contributed by atoms with Gasteiger partial charge in [0.1, 0.15) is 17.6 Å². The number of sulfonamides is 1. The number of anilines is 1. The molecule has 172 valence electrons. The van der Waals surface area contributed by atoms with E-state index in [0.29, 0.717) is 31.0 Å². The number of carbonyl (C=O) groups excluding carboxylic acids is 1. The molecule has 0 saturated carbocycles. The van der Waals surface area contributed by atoms with E-state index in [9.17, 15) is 13.2 Å². The number of benzene rings is 2. The van der Waals surface area contributed by atoms with Crippen LogP contribution in [-0.4, -0.2) is 48.1 Å². The largest absolute Gasteiger partial charge is 0.497 e. The number of nitrogens with zero attached hydrogens (tertiary/aromatic N) is 3. The summed E-state index contributed by atoms with van der Waals surface area (Å²) in [5.41, 5.74) is 2.88. The van der Waals surface area contributed by atoms with Crippen molar-refractivity contribution in [1.29, 1.82) is 0 Å². The smallest absolute Gasteiger partial charge is 0.244 e. The molecule has 2 heterocycles. The van der Waals surface area contributed by atoms with Gasteiger partial charge in [-0.25, -0.2) is 13.1 Å². The number of para-hydroxylation sites is 1. The first-order chi connectivity index (χ1) is 16.0. The second-order valence-electron chi connectivity index (χ2n) is 8.31. The van der Waals surface area contributed by atoms with Crippen LogP contribution in [0.25, 0.3) is 5.69 Å². The Balaban J connectivity index is 1.43. The number of hydrogen-bond donors (Lipinski definition) is 1. The molecule has 0 bridgehead atoms. The van der Waals surface area contributed by atoms with Crippen molar-refractivity contribution in [1.82, 2.24) is 14.1 Å². The lowest BCUT2D eigenvalue weighted by Gasteiger charge is -2.24. The van der Waals surface area contributed by atoms with E-state index in [1.165, 1.54) is 23.5 Å². The molecule has 1 fully saturated rings. The summed E-state index contributed by atoms with van der Waals surface area (Å²) in [7, 11) is -2.29. The van der Waals surface area contributed by atoms with Crippen LogP contribution in [0.15, 0.2) is 59.5 Å². The van der Waals surface area contributed by atoms with Crippen LogP contribution in [0.5, 0.6) is 5.75 Å². The first-order valence-electron chi connectivity index (χ1n) is 11.1. The van der Waals surface area contributed by atoms with E-state index in [4.69, 9.17) is 9.84 Å². The van der Waals surface area contributed by atoms with Gasteiger partial charge in [0.15, 0.2) is 0 Å². The Kier molecular flexibility index (Phi) is 5.67. The van der Waals surface area contributed by atoms with Crippen LogP contribution < -0.4 is 10.1 Å². The fraction of sp³-hybridized carbons (Fsp3) is 0.333. The van der Waals surface area contributed by atoms with Crippen molar-refractivity contribution in [2.24, 2.45) is 0 Å². The Morgan fingerprint density at radius 3 is 2.55 bits per heavy atom. The summed E-state index contributed by atoms with van der Waals surface area (Å²) in [5.74, 6) is 0.899. The number of ether oxygens (including phenoxy) is 1. The second kappa shape index (κ2) is 8.64. The molecule has 0 spiro atoms. The molecular formula is C24H26N4O4S. The molecule has 1 saturated heterocycles. The average Bonchev–Trinajstić information content (AvgIpc) is 3.57. The minimum Gasteiger partial charge on any atom is -0.497 e. The van der Waals surface area contributed by atoms with Gasteiger partial charge in [-0.3, -0.25) is 4.79 Å². The first-order valence-corrected chi connectivity index (χ1v) is 12.6. The van der Waals surface area contributed by atoms with Crippen molar-refractivity contribution in [2.75, 3.05) is 19.0 Å². The van der Waals surface area contributed by atoms with Crippen molar-refractivity contribution in [2.45, 2.75) is 43.0 Å². The second-order valence-corrected chi connectivity index (χ2v) is 10.2. The summed E-state index contributed by atoms with van der Waals surface area (Å²) in [5, 5.41) is 7.77. The van der Waals surface area contributed by atoms with Crippen molar-refractivity contribution in [3.05, 3.63) is 65.9 Å². The first kappa shape index (κ1) is 21.7. The molecule has 8 nitrogen and oxygen atoms in total. The molecule has 1 unspecified atom stereocenters. The highest BCUT2D eigenvalue weighted by atomic mass is 32.2. The van der Waals surface area contributed by atoms with Gasteiger partial charge in [-0.15, -0.1) is 0 Å². The van der Waals surface area contributed by atoms with Crippen LogP contribution >= 0.6 is 0 Å². The average molecular weight is 467 g/mol. The molecule has 2 aromatic carbocycles. The molecule has 1 amide bonds. The van der Waals surface area contributed by atoms with Gasteiger partial charge in [-0.2, -0.15) is 9.40 Å². The lowest BCUT2D eigenvalue weighted by Crippen LogP contribution is -2.43. The summed E-state index contributed by atoms with van der Waals surface area (Å²) in [6, 6.07) is 15.1. The fourth-order valence-corrected chi connectivity index (χ4v) is 6.31. The van der Waals surface area contributed by atoms with Crippen LogP contribution in [0.4, 0.5) is 5.82 Å². The number of amides is 1. The number of aryl methyl sites for hydroxylation is 1. The van der Waals surface area contributed by atoms with Crippen LogP contribution in [-0.2, 0) is 27.7 Å². The normalized spacial score (nSPS) is 18.3. The zero-order chi connectivity index (χ0) is 23.0. The van der Waals surface area contributed by atoms with Gasteiger partial charge in [0.2, 0.25) is 15.9 Å². The van der Waals surface area contributed by atoms with E-state index in [1.54, 1.807) is 16.8 Å². The highest BCUT2D eigenvalue weighted by Crippen LogP contribution is 2.33. The Labute approximate surface area is 193 Å². The van der Waals surface area contributed by atoms with Crippen molar-refractivity contribution in [3.8, 4) is 11.4 Å². The van der Waals surface area contributed by atoms with Crippen LogP contribution in [0.1, 0.15) is 30.5 Å². The number of methoxy groups -OCH3 is 1. The molecule has 5 rings (SSSR count). The molecular weight excluding hydrogens is 440 g/mol. The number of nitrogens with one attached hydrogen (secondary N) is 1. The zero-order valence-corrected chi connectivity index (χ0v) is 19.2. The number of carbonyl (C=O) groups is 1. The van der Waals surface area contributed by atoms with Gasteiger partial charge in [0.05, 0.1) is 23.4 Å². The van der Waals surface area contributed by atoms with E-state index in [2.05, 4.69) is 5.32 Å². The Morgan fingerprint density at radius 1 is 1.06 bits per heavy atom. The molecule has 1 aliphatic heterocycles. The van der Waals surface area contributed by atoms with Gasteiger partial charge >= 0.3 is 0 Å². The number of hydrogen-bond acceptors (Lipinski definition) is 5. The predicted octanol–water partition coefficient (Wildman–Crippen LogP) is 3.16. The van der Waals surface area contributed by atoms with Crippen molar-refractivity contribution < 1.29 is 17.9 Å². The Hall–Kier alpha value is -3.17. The predicted molar refractivity (Wildman–Crippen MR) is 124 cm³/mol. The van der Waals surface area contributed by atoms with E-state index in [-0.39, 0.29) is 10.8 Å². The monoisotopic (exact) mass is 466 g/mol. The van der Waals surface area contributed by atoms with Crippen LogP contribution in [0.3, 0.4) is 0 Å². The summed E-state index contributed by atoms with van der Waals surface area (Å²) < 4.78 is 34.8. The molecule has 0 radical (unpaired) electrons. The van der Waals surface area contributed by atoms with Crippen molar-refractivity contribution in [3.63, 3.8) is 0 Å². The standard InChI is InChI=1S/C24H26N4O4S/c1-32-18-12-14-19(15-13-18)33(30,31)27-16-6-11-22(27)24(29)25-23-20-9-5-10-21(20)26-28(23)17-7-3-2-4-8-17/h2-4,7-8,12-15,22H,5-6,9-11,16H2,1H3,(H,25,29). The minimum atomic E-state index is -3.82. The maximum absolute atomic E-state index is 13.4. The quantitative estimate of drug-likeness (QED) is 0.602. The fourth-order valence-electron chi connectivity index (χ4n) is 4.65. The number of rotatable bonds is 6. The van der Waals surface area contributed by atoms with E-state index in [1.807, 2.05) is 30.3 Å². The summed E-state index contributed by atoms with van der Waals surface area (Å²) in [6.45, 7) is 0.308. The van der Waals surface area contributed by atoms with Crippen LogP contribution in [0.2, 0.25) is 0 Å². The highest BCUT2D eigenvalue weighted by molar-refractivity contribution is 7.89. The SMILES string of the molecule is COc1ccc(S(=O)(=O)N2CCCC2C(=O)Nc2c3c(nn2-c2ccccc2)CCC3)cc1. The molecule has 1 atom stereocenters. The summed E-state index contributed by atoms with van der Waals surface area (Å²) in [6.07, 6.45) is 3.82. The maximum Gasteiger partial charge on any atom is 0.244 e. The topological polar surface area (TPSA) is 93.5 Å². The zero-order valence-electron chi connectivity index (χ0n) is 18.4. The van der Waals surface area contributed by atoms with E-state index < -0.39 is 16.1 Å². The minimum absolute atomic E-state index is 0.151. The maximum atomic E-state index is 13.4. The van der Waals surface area contributed by atoms with Gasteiger partial charge in [0.25, 0.3) is 0 Å². The lowest BCUT2D eigenvalue weighted by atomic mass is 10.2. The highest BCUT2D eigenvalue weighted by Gasteiger charge is 2.40. The van der Waals surface area contributed by atoms with Gasteiger partial charge in [-0.1, -0.05) is 18.2 Å². The molecule has 1 aliphatic carbocycles. The molecule has 9 heteroatoms. The molecule has 3 aromatic rings. The molecule has 1 N–H and O–H groups in total. The van der Waals surface area contributed by atoms with E-state index in [0.717, 1.165) is 36.2 Å². The molecule has 33 heavy (non-hydrogen) atoms. The lowest BCUT2D eigenvalue weighted by molar-refractivity contribution is -0.119. The summed E-state index contributed by atoms with van der Waals surface area (Å²) >= 11 is 0. The van der Waals surface area contributed by atoms with Gasteiger partial charge < -0.3 is 10.1 Å². The number of aromatic nitrogens is 2. The Morgan fingerprint density at radius 2 is 1.82 bits per heavy atom. The van der Waals surface area contributed by atoms with Gasteiger partial charge in [-0.05, 0) is 68.5 Å². The number of fused-ring (bicyclic) bond motifs is 1. The summed E-state index contributed by atoms with van der Waals surface area (Å²) in [4.78, 5) is 13.6. The van der Waals surface area contributed by atoms with Gasteiger partial charge in [0, 0.05) is 12.1 Å². The van der Waals surface area contributed by atoms with Crippen LogP contribution in [0, 0.1) is 0 Å². The van der Waals surface area contributed by atoms with E-state index >= 15 is 0 Å². The molecule has 1 aromatic heterocycles. The van der Waals surface area contributed by atoms with Crippen molar-refractivity contribution >= 4 is 21.7 Å². The molecule has 2 aliphatic rings. The Bertz CT molecular complexity index is 1270. The third kappa shape index (κ3) is 3.91. The third-order valence-electron chi connectivity index (χ3n) is 6.32.